The van der Waals surface area contributed by atoms with Crippen LogP contribution in [0.2, 0.25) is 0 Å². The van der Waals surface area contributed by atoms with Gasteiger partial charge >= 0.3 is 0 Å². The highest BCUT2D eigenvalue weighted by Gasteiger charge is 2.20. The maximum absolute atomic E-state index is 13.8. The van der Waals surface area contributed by atoms with Gasteiger partial charge in [0.2, 0.25) is 0 Å². The quantitative estimate of drug-likeness (QED) is 0.779. The molecule has 0 aliphatic carbocycles. The van der Waals surface area contributed by atoms with E-state index in [1.807, 2.05) is 0 Å². The molecule has 22 heavy (non-hydrogen) atoms. The standard InChI is InChI=1S/C15H10FN3O2S/c16-12-7-10(8-17)5-6-14(12)19-22(20,21)15-9-18-13-4-2-1-3-11(13)15/h1-7,9,18-19H. The van der Waals surface area contributed by atoms with Crippen molar-refractivity contribution in [3.8, 4) is 6.07 Å². The lowest BCUT2D eigenvalue weighted by molar-refractivity contribution is 0.599. The zero-order valence-electron chi connectivity index (χ0n) is 11.2. The first kappa shape index (κ1) is 14.1. The van der Waals surface area contributed by atoms with Crippen molar-refractivity contribution in [2.75, 3.05) is 4.72 Å². The molecule has 2 N–H and O–H groups in total. The van der Waals surface area contributed by atoms with E-state index in [0.717, 1.165) is 6.07 Å². The molecule has 3 aromatic rings. The molecule has 0 radical (unpaired) electrons. The number of aromatic amines is 1. The first-order valence-electron chi connectivity index (χ1n) is 6.30. The van der Waals surface area contributed by atoms with Gasteiger partial charge in [0.25, 0.3) is 10.0 Å². The molecule has 0 fully saturated rings. The fraction of sp³-hybridized carbons (Fsp3) is 0. The highest BCUT2D eigenvalue weighted by atomic mass is 32.2. The lowest BCUT2D eigenvalue weighted by Gasteiger charge is -2.08. The second-order valence-corrected chi connectivity index (χ2v) is 6.26. The van der Waals surface area contributed by atoms with Crippen LogP contribution in [-0.2, 0) is 10.0 Å². The fourth-order valence-corrected chi connectivity index (χ4v) is 3.38. The van der Waals surface area contributed by atoms with Gasteiger partial charge in [0.05, 0.1) is 17.3 Å². The normalized spacial score (nSPS) is 11.3. The second-order valence-electron chi connectivity index (χ2n) is 4.61. The third kappa shape index (κ3) is 2.40. The molecule has 2 aromatic carbocycles. The van der Waals surface area contributed by atoms with Crippen LogP contribution in [-0.4, -0.2) is 13.4 Å². The van der Waals surface area contributed by atoms with Crippen LogP contribution in [0.15, 0.2) is 53.6 Å². The predicted octanol–water partition coefficient (Wildman–Crippen LogP) is 2.98. The van der Waals surface area contributed by atoms with E-state index in [2.05, 4.69) is 9.71 Å². The molecule has 0 saturated heterocycles. The molecular formula is C15H10FN3O2S. The van der Waals surface area contributed by atoms with E-state index in [1.54, 1.807) is 30.3 Å². The van der Waals surface area contributed by atoms with Gasteiger partial charge in [-0.3, -0.25) is 4.72 Å². The molecule has 110 valence electrons. The average molecular weight is 315 g/mol. The number of halogens is 1. The third-order valence-corrected chi connectivity index (χ3v) is 4.59. The number of hydrogen-bond donors (Lipinski definition) is 2. The number of benzene rings is 2. The maximum atomic E-state index is 13.8. The van der Waals surface area contributed by atoms with Gasteiger partial charge in [-0.05, 0) is 24.3 Å². The third-order valence-electron chi connectivity index (χ3n) is 3.18. The van der Waals surface area contributed by atoms with Crippen LogP contribution in [0, 0.1) is 17.1 Å². The number of nitriles is 1. The van der Waals surface area contributed by atoms with Gasteiger partial charge in [0.1, 0.15) is 10.7 Å². The summed E-state index contributed by atoms with van der Waals surface area (Å²) in [5, 5.41) is 9.21. The molecule has 1 aromatic heterocycles. The Morgan fingerprint density at radius 2 is 1.95 bits per heavy atom. The van der Waals surface area contributed by atoms with Crippen LogP contribution in [0.1, 0.15) is 5.56 Å². The molecule has 7 heteroatoms. The zero-order valence-corrected chi connectivity index (χ0v) is 12.0. The van der Waals surface area contributed by atoms with E-state index in [9.17, 15) is 12.8 Å². The Balaban J connectivity index is 2.03. The Kier molecular flexibility index (Phi) is 3.31. The Labute approximate surface area is 126 Å². The molecule has 0 amide bonds. The summed E-state index contributed by atoms with van der Waals surface area (Å²) in [5.41, 5.74) is 0.583. The largest absolute Gasteiger partial charge is 0.360 e. The minimum atomic E-state index is -3.94. The number of nitrogens with one attached hydrogen (secondary N) is 2. The van der Waals surface area contributed by atoms with Gasteiger partial charge in [-0.15, -0.1) is 0 Å². The second kappa shape index (κ2) is 5.16. The number of hydrogen-bond acceptors (Lipinski definition) is 3. The lowest BCUT2D eigenvalue weighted by atomic mass is 10.2. The van der Waals surface area contributed by atoms with Crippen LogP contribution in [0.5, 0.6) is 0 Å². The molecule has 0 saturated carbocycles. The zero-order chi connectivity index (χ0) is 15.7. The number of nitrogens with zero attached hydrogens (tertiary/aromatic N) is 1. The van der Waals surface area contributed by atoms with Crippen LogP contribution >= 0.6 is 0 Å². The molecule has 1 heterocycles. The van der Waals surface area contributed by atoms with Crippen LogP contribution in [0.25, 0.3) is 10.9 Å². The number of rotatable bonds is 3. The lowest BCUT2D eigenvalue weighted by Crippen LogP contribution is -2.13. The van der Waals surface area contributed by atoms with Crippen molar-refractivity contribution >= 4 is 26.6 Å². The van der Waals surface area contributed by atoms with Gasteiger partial charge in [0, 0.05) is 17.1 Å². The van der Waals surface area contributed by atoms with Gasteiger partial charge in [-0.1, -0.05) is 18.2 Å². The van der Waals surface area contributed by atoms with Crippen LogP contribution in [0.4, 0.5) is 10.1 Å². The number of para-hydroxylation sites is 1. The first-order chi connectivity index (χ1) is 10.5. The summed E-state index contributed by atoms with van der Waals surface area (Å²) in [7, 11) is -3.94. The van der Waals surface area contributed by atoms with E-state index in [0.29, 0.717) is 10.9 Å². The van der Waals surface area contributed by atoms with E-state index in [1.165, 1.54) is 18.3 Å². The Morgan fingerprint density at radius 1 is 1.18 bits per heavy atom. The van der Waals surface area contributed by atoms with Crippen molar-refractivity contribution in [3.63, 3.8) is 0 Å². The van der Waals surface area contributed by atoms with Gasteiger partial charge < -0.3 is 4.98 Å². The summed E-state index contributed by atoms with van der Waals surface area (Å²) in [6.07, 6.45) is 1.36. The van der Waals surface area contributed by atoms with Gasteiger partial charge in [-0.2, -0.15) is 5.26 Å². The summed E-state index contributed by atoms with van der Waals surface area (Å²) in [4.78, 5) is 2.89. The average Bonchev–Trinajstić information content (AvgIpc) is 2.94. The molecule has 3 rings (SSSR count). The molecule has 0 aliphatic rings. The summed E-state index contributed by atoms with van der Waals surface area (Å²) in [6, 6.07) is 12.2. The minimum Gasteiger partial charge on any atom is -0.360 e. The first-order valence-corrected chi connectivity index (χ1v) is 7.78. The highest BCUT2D eigenvalue weighted by molar-refractivity contribution is 7.93. The van der Waals surface area contributed by atoms with Crippen molar-refractivity contribution in [2.45, 2.75) is 4.90 Å². The van der Waals surface area contributed by atoms with Crippen molar-refractivity contribution in [2.24, 2.45) is 0 Å². The summed E-state index contributed by atoms with van der Waals surface area (Å²) in [6.45, 7) is 0. The summed E-state index contributed by atoms with van der Waals surface area (Å²) in [5.74, 6) is -0.803. The minimum absolute atomic E-state index is 0.0341. The number of fused-ring (bicyclic) bond motifs is 1. The molecule has 0 spiro atoms. The summed E-state index contributed by atoms with van der Waals surface area (Å²) < 4.78 is 40.9. The molecule has 0 aliphatic heterocycles. The topological polar surface area (TPSA) is 85.8 Å². The SMILES string of the molecule is N#Cc1ccc(NS(=O)(=O)c2c[nH]c3ccccc23)c(F)c1. The van der Waals surface area contributed by atoms with E-state index < -0.39 is 15.8 Å². The number of H-pyrrole nitrogens is 1. The smallest absolute Gasteiger partial charge is 0.264 e. The Hall–Kier alpha value is -2.85. The molecule has 0 bridgehead atoms. The number of anilines is 1. The van der Waals surface area contributed by atoms with E-state index in [-0.39, 0.29) is 16.1 Å². The van der Waals surface area contributed by atoms with Gasteiger partial charge in [-0.25, -0.2) is 12.8 Å². The Bertz CT molecular complexity index is 1000. The number of aromatic nitrogens is 1. The highest BCUT2D eigenvalue weighted by Crippen LogP contribution is 2.25. The molecular weight excluding hydrogens is 305 g/mol. The van der Waals surface area contributed by atoms with Crippen molar-refractivity contribution in [1.29, 1.82) is 5.26 Å². The Morgan fingerprint density at radius 3 is 2.68 bits per heavy atom. The van der Waals surface area contributed by atoms with Crippen molar-refractivity contribution in [3.05, 3.63) is 60.0 Å². The monoisotopic (exact) mass is 315 g/mol. The molecule has 0 atom stereocenters. The van der Waals surface area contributed by atoms with E-state index in [4.69, 9.17) is 5.26 Å². The fourth-order valence-electron chi connectivity index (χ4n) is 2.13. The summed E-state index contributed by atoms with van der Waals surface area (Å²) >= 11 is 0. The molecule has 5 nitrogen and oxygen atoms in total. The van der Waals surface area contributed by atoms with E-state index >= 15 is 0 Å². The molecule has 0 unspecified atom stereocenters. The predicted molar refractivity (Wildman–Crippen MR) is 80.2 cm³/mol. The van der Waals surface area contributed by atoms with Gasteiger partial charge in [0.15, 0.2) is 0 Å². The van der Waals surface area contributed by atoms with Crippen molar-refractivity contribution < 1.29 is 12.8 Å². The number of sulfonamides is 1. The van der Waals surface area contributed by atoms with Crippen LogP contribution < -0.4 is 4.72 Å². The maximum Gasteiger partial charge on any atom is 0.264 e. The van der Waals surface area contributed by atoms with Crippen LogP contribution in [0.3, 0.4) is 0 Å². The van der Waals surface area contributed by atoms with Crippen molar-refractivity contribution in [1.82, 2.24) is 4.98 Å².